The van der Waals surface area contributed by atoms with Crippen LogP contribution in [0.4, 0.5) is 0 Å². The number of amides is 1. The normalized spacial score (nSPS) is 12.0. The minimum absolute atomic E-state index is 0.170. The minimum Gasteiger partial charge on any atom is -0.340 e. The molecule has 0 aliphatic rings. The third-order valence-corrected chi connectivity index (χ3v) is 4.01. The Bertz CT molecular complexity index is 888. The van der Waals surface area contributed by atoms with Crippen molar-refractivity contribution in [1.29, 1.82) is 0 Å². The largest absolute Gasteiger partial charge is 0.340 e. The summed E-state index contributed by atoms with van der Waals surface area (Å²) in [5.41, 5.74) is 3.69. The van der Waals surface area contributed by atoms with Crippen LogP contribution < -0.4 is 5.32 Å². The molecule has 1 aromatic carbocycles. The van der Waals surface area contributed by atoms with Crippen molar-refractivity contribution in [2.45, 2.75) is 33.2 Å². The summed E-state index contributed by atoms with van der Waals surface area (Å²) in [5, 5.41) is 6.74. The molecular formula is C19H20N4O2. The molecule has 0 radical (unpaired) electrons. The molecule has 6 nitrogen and oxygen atoms in total. The van der Waals surface area contributed by atoms with E-state index in [1.807, 2.05) is 44.3 Å². The van der Waals surface area contributed by atoms with E-state index in [-0.39, 0.29) is 11.9 Å². The van der Waals surface area contributed by atoms with Gasteiger partial charge in [0.1, 0.15) is 6.04 Å². The van der Waals surface area contributed by atoms with Crippen molar-refractivity contribution < 1.29 is 9.32 Å². The van der Waals surface area contributed by atoms with Crippen LogP contribution in [0.2, 0.25) is 0 Å². The lowest BCUT2D eigenvalue weighted by Gasteiger charge is -2.13. The predicted octanol–water partition coefficient (Wildman–Crippen LogP) is 3.63. The van der Waals surface area contributed by atoms with Crippen molar-refractivity contribution in [1.82, 2.24) is 20.4 Å². The summed E-state index contributed by atoms with van der Waals surface area (Å²) in [6.07, 6.45) is 4.23. The van der Waals surface area contributed by atoms with Gasteiger partial charge in [-0.25, -0.2) is 0 Å². The first-order valence-corrected chi connectivity index (χ1v) is 8.20. The van der Waals surface area contributed by atoms with Gasteiger partial charge < -0.3 is 9.84 Å². The van der Waals surface area contributed by atoms with E-state index in [1.54, 1.807) is 19.2 Å². The van der Waals surface area contributed by atoms with E-state index in [0.29, 0.717) is 23.7 Å². The van der Waals surface area contributed by atoms with Crippen LogP contribution in [0.1, 0.15) is 47.0 Å². The van der Waals surface area contributed by atoms with Crippen LogP contribution in [0.25, 0.3) is 11.1 Å². The fourth-order valence-corrected chi connectivity index (χ4v) is 2.66. The summed E-state index contributed by atoms with van der Waals surface area (Å²) >= 11 is 0. The molecule has 0 saturated heterocycles. The smallest absolute Gasteiger partial charge is 0.251 e. The molecule has 0 bridgehead atoms. The van der Waals surface area contributed by atoms with Gasteiger partial charge >= 0.3 is 0 Å². The fourth-order valence-electron chi connectivity index (χ4n) is 2.66. The Morgan fingerprint density at radius 2 is 2.12 bits per heavy atom. The summed E-state index contributed by atoms with van der Waals surface area (Å²) in [6.45, 7) is 5.71. The maximum absolute atomic E-state index is 12.6. The zero-order valence-corrected chi connectivity index (χ0v) is 14.5. The molecule has 2 aromatic heterocycles. The SMILES string of the molecule is CC[C@@H](NC(=O)c1cccc(-c2ccncc2C)c1)c1nc(C)no1. The highest BCUT2D eigenvalue weighted by Gasteiger charge is 2.19. The zero-order chi connectivity index (χ0) is 17.8. The molecule has 0 spiro atoms. The third-order valence-electron chi connectivity index (χ3n) is 4.01. The number of hydrogen-bond donors (Lipinski definition) is 1. The number of benzene rings is 1. The molecule has 0 unspecified atom stereocenters. The molecule has 0 aliphatic heterocycles. The Kier molecular flexibility index (Phi) is 4.88. The van der Waals surface area contributed by atoms with Gasteiger partial charge in [0.25, 0.3) is 5.91 Å². The quantitative estimate of drug-likeness (QED) is 0.769. The average molecular weight is 336 g/mol. The van der Waals surface area contributed by atoms with E-state index in [9.17, 15) is 4.79 Å². The predicted molar refractivity (Wildman–Crippen MR) is 93.9 cm³/mol. The maximum atomic E-state index is 12.6. The number of hydrogen-bond acceptors (Lipinski definition) is 5. The number of aromatic nitrogens is 3. The second-order valence-electron chi connectivity index (χ2n) is 5.89. The topological polar surface area (TPSA) is 80.9 Å². The van der Waals surface area contributed by atoms with Crippen LogP contribution in [-0.2, 0) is 0 Å². The highest BCUT2D eigenvalue weighted by molar-refractivity contribution is 5.95. The van der Waals surface area contributed by atoms with E-state index in [2.05, 4.69) is 20.4 Å². The Labute approximate surface area is 146 Å². The fraction of sp³-hybridized carbons (Fsp3) is 0.263. The van der Waals surface area contributed by atoms with Gasteiger partial charge in [-0.05, 0) is 55.2 Å². The first kappa shape index (κ1) is 16.8. The summed E-state index contributed by atoms with van der Waals surface area (Å²) < 4.78 is 5.18. The number of carbonyl (C=O) groups is 1. The Morgan fingerprint density at radius 1 is 1.28 bits per heavy atom. The Morgan fingerprint density at radius 3 is 2.80 bits per heavy atom. The summed E-state index contributed by atoms with van der Waals surface area (Å²) in [5.74, 6) is 0.809. The van der Waals surface area contributed by atoms with E-state index < -0.39 is 0 Å². The van der Waals surface area contributed by atoms with Crippen molar-refractivity contribution >= 4 is 5.91 Å². The number of carbonyl (C=O) groups excluding carboxylic acids is 1. The highest BCUT2D eigenvalue weighted by atomic mass is 16.5. The number of rotatable bonds is 5. The van der Waals surface area contributed by atoms with Crippen LogP contribution in [0.15, 0.2) is 47.2 Å². The van der Waals surface area contributed by atoms with Gasteiger partial charge in [-0.3, -0.25) is 9.78 Å². The van der Waals surface area contributed by atoms with E-state index >= 15 is 0 Å². The van der Waals surface area contributed by atoms with Crippen LogP contribution in [0.5, 0.6) is 0 Å². The van der Waals surface area contributed by atoms with Crippen molar-refractivity contribution in [2.75, 3.05) is 0 Å². The standard InChI is InChI=1S/C19H20N4O2/c1-4-17(19-21-13(3)23-25-19)22-18(24)15-7-5-6-14(10-15)16-8-9-20-11-12(16)2/h5-11,17H,4H2,1-3H3,(H,22,24)/t17-/m1/s1. The second kappa shape index (κ2) is 7.25. The maximum Gasteiger partial charge on any atom is 0.251 e. The Hall–Kier alpha value is -3.02. The van der Waals surface area contributed by atoms with E-state index in [4.69, 9.17) is 4.52 Å². The molecule has 1 N–H and O–H groups in total. The van der Waals surface area contributed by atoms with Crippen LogP contribution >= 0.6 is 0 Å². The molecule has 3 aromatic rings. The second-order valence-corrected chi connectivity index (χ2v) is 5.89. The monoisotopic (exact) mass is 336 g/mol. The molecule has 25 heavy (non-hydrogen) atoms. The molecule has 3 rings (SSSR count). The number of nitrogens with zero attached hydrogens (tertiary/aromatic N) is 3. The molecule has 6 heteroatoms. The zero-order valence-electron chi connectivity index (χ0n) is 14.5. The summed E-state index contributed by atoms with van der Waals surface area (Å²) in [7, 11) is 0. The third kappa shape index (κ3) is 3.74. The van der Waals surface area contributed by atoms with Crippen molar-refractivity contribution in [3.05, 3.63) is 65.6 Å². The van der Waals surface area contributed by atoms with Gasteiger partial charge in [-0.2, -0.15) is 4.98 Å². The first-order chi connectivity index (χ1) is 12.1. The molecule has 0 aliphatic carbocycles. The highest BCUT2D eigenvalue weighted by Crippen LogP contribution is 2.23. The van der Waals surface area contributed by atoms with E-state index in [1.165, 1.54) is 0 Å². The Balaban J connectivity index is 1.83. The molecule has 1 atom stereocenters. The van der Waals surface area contributed by atoms with Crippen LogP contribution in [-0.4, -0.2) is 21.0 Å². The lowest BCUT2D eigenvalue weighted by atomic mass is 10.0. The van der Waals surface area contributed by atoms with Gasteiger partial charge in [0.15, 0.2) is 5.82 Å². The minimum atomic E-state index is -0.306. The van der Waals surface area contributed by atoms with Crippen molar-refractivity contribution in [3.63, 3.8) is 0 Å². The molecule has 1 amide bonds. The number of nitrogens with one attached hydrogen (secondary N) is 1. The molecule has 0 saturated carbocycles. The van der Waals surface area contributed by atoms with Crippen molar-refractivity contribution in [2.24, 2.45) is 0 Å². The van der Waals surface area contributed by atoms with Gasteiger partial charge in [0, 0.05) is 18.0 Å². The average Bonchev–Trinajstić information content (AvgIpc) is 3.06. The number of pyridine rings is 1. The molecule has 128 valence electrons. The van der Waals surface area contributed by atoms with Crippen molar-refractivity contribution in [3.8, 4) is 11.1 Å². The van der Waals surface area contributed by atoms with Gasteiger partial charge in [-0.15, -0.1) is 0 Å². The number of aryl methyl sites for hydroxylation is 2. The van der Waals surface area contributed by atoms with Crippen LogP contribution in [0, 0.1) is 13.8 Å². The lowest BCUT2D eigenvalue weighted by Crippen LogP contribution is -2.28. The molecular weight excluding hydrogens is 316 g/mol. The van der Waals surface area contributed by atoms with Gasteiger partial charge in [-0.1, -0.05) is 24.2 Å². The summed E-state index contributed by atoms with van der Waals surface area (Å²) in [6, 6.07) is 9.17. The molecule has 0 fully saturated rings. The summed E-state index contributed by atoms with van der Waals surface area (Å²) in [4.78, 5) is 21.0. The molecule has 2 heterocycles. The van der Waals surface area contributed by atoms with Crippen LogP contribution in [0.3, 0.4) is 0 Å². The van der Waals surface area contributed by atoms with Gasteiger partial charge in [0.2, 0.25) is 5.89 Å². The van der Waals surface area contributed by atoms with E-state index in [0.717, 1.165) is 16.7 Å². The lowest BCUT2D eigenvalue weighted by molar-refractivity contribution is 0.0927. The first-order valence-electron chi connectivity index (χ1n) is 8.20. The van der Waals surface area contributed by atoms with Gasteiger partial charge in [0.05, 0.1) is 0 Å².